The molecule has 0 bridgehead atoms. The van der Waals surface area contributed by atoms with E-state index in [1.165, 1.54) is 17.8 Å². The van der Waals surface area contributed by atoms with Gasteiger partial charge in [-0.2, -0.15) is 0 Å². The molecule has 26 heavy (non-hydrogen) atoms. The largest absolute Gasteiger partial charge is 0.422 e. The first kappa shape index (κ1) is 17.8. The van der Waals surface area contributed by atoms with Crippen molar-refractivity contribution in [2.75, 3.05) is 5.75 Å². The smallest absolute Gasteiger partial charge is 0.349 e. The Bertz CT molecular complexity index is 1010. The number of aryl methyl sites for hydroxylation is 1. The monoisotopic (exact) mass is 368 g/mol. The Balaban J connectivity index is 1.58. The number of rotatable bonds is 4. The minimum atomic E-state index is -0.760. The van der Waals surface area contributed by atoms with Gasteiger partial charge in [0.1, 0.15) is 11.1 Å². The minimum absolute atomic E-state index is 0.135. The van der Waals surface area contributed by atoms with Gasteiger partial charge in [0.15, 0.2) is 0 Å². The van der Waals surface area contributed by atoms with E-state index in [0.717, 1.165) is 10.5 Å². The van der Waals surface area contributed by atoms with E-state index in [1.807, 2.05) is 31.2 Å². The Kier molecular flexibility index (Phi) is 5.38. The van der Waals surface area contributed by atoms with Gasteiger partial charge in [-0.25, -0.2) is 4.79 Å². The van der Waals surface area contributed by atoms with Gasteiger partial charge in [-0.3, -0.25) is 20.4 Å². The summed E-state index contributed by atoms with van der Waals surface area (Å²) in [4.78, 5) is 36.9. The first-order valence-corrected chi connectivity index (χ1v) is 8.83. The van der Waals surface area contributed by atoms with Crippen LogP contribution >= 0.6 is 11.8 Å². The number of para-hydroxylation sites is 1. The van der Waals surface area contributed by atoms with Crippen LogP contribution in [0.2, 0.25) is 0 Å². The number of hydrogen-bond donors (Lipinski definition) is 2. The normalized spacial score (nSPS) is 10.5. The molecule has 0 fully saturated rings. The molecule has 0 atom stereocenters. The van der Waals surface area contributed by atoms with Crippen molar-refractivity contribution in [1.82, 2.24) is 10.9 Å². The summed E-state index contributed by atoms with van der Waals surface area (Å²) < 4.78 is 5.10. The van der Waals surface area contributed by atoms with Crippen molar-refractivity contribution in [3.63, 3.8) is 0 Å². The van der Waals surface area contributed by atoms with Crippen LogP contribution in [0.4, 0.5) is 0 Å². The van der Waals surface area contributed by atoms with E-state index in [2.05, 4.69) is 10.9 Å². The first-order valence-electron chi connectivity index (χ1n) is 7.84. The second kappa shape index (κ2) is 7.88. The van der Waals surface area contributed by atoms with Gasteiger partial charge in [-0.1, -0.05) is 35.9 Å². The fraction of sp³-hybridized carbons (Fsp3) is 0.105. The highest BCUT2D eigenvalue weighted by Crippen LogP contribution is 2.17. The maximum absolute atomic E-state index is 12.1. The number of hydrogen-bond acceptors (Lipinski definition) is 5. The molecule has 3 aromatic rings. The predicted molar refractivity (Wildman–Crippen MR) is 100.0 cm³/mol. The number of hydrazine groups is 1. The molecule has 0 spiro atoms. The van der Waals surface area contributed by atoms with Gasteiger partial charge in [-0.05, 0) is 31.2 Å². The van der Waals surface area contributed by atoms with Crippen molar-refractivity contribution in [2.45, 2.75) is 11.8 Å². The third kappa shape index (κ3) is 4.31. The summed E-state index contributed by atoms with van der Waals surface area (Å²) in [5, 5.41) is 0.624. The summed E-state index contributed by atoms with van der Waals surface area (Å²) in [6, 6.07) is 16.1. The fourth-order valence-electron chi connectivity index (χ4n) is 2.23. The standard InChI is InChI=1S/C19H16N2O4S/c1-12-6-8-14(9-7-12)26-11-17(22)20-21-18(23)15-10-13-4-2-3-5-16(13)25-19(15)24/h2-10H,11H2,1H3,(H,20,22)(H,21,23). The van der Waals surface area contributed by atoms with Crippen LogP contribution in [0.15, 0.2) is 68.7 Å². The van der Waals surface area contributed by atoms with Crippen LogP contribution in [0.25, 0.3) is 11.0 Å². The van der Waals surface area contributed by atoms with Gasteiger partial charge in [0.2, 0.25) is 5.91 Å². The van der Waals surface area contributed by atoms with E-state index >= 15 is 0 Å². The van der Waals surface area contributed by atoms with Crippen molar-refractivity contribution >= 4 is 34.5 Å². The molecule has 7 heteroatoms. The number of carbonyl (C=O) groups is 2. The Morgan fingerprint density at radius 3 is 2.54 bits per heavy atom. The Hall–Kier alpha value is -3.06. The third-order valence-electron chi connectivity index (χ3n) is 3.59. The summed E-state index contributed by atoms with van der Waals surface area (Å²) in [5.74, 6) is -0.970. The molecule has 0 aliphatic carbocycles. The van der Waals surface area contributed by atoms with Crippen LogP contribution in [0.3, 0.4) is 0 Å². The van der Waals surface area contributed by atoms with Gasteiger partial charge >= 0.3 is 5.63 Å². The Morgan fingerprint density at radius 1 is 1.04 bits per heavy atom. The average molecular weight is 368 g/mol. The van der Waals surface area contributed by atoms with E-state index in [9.17, 15) is 14.4 Å². The summed E-state index contributed by atoms with van der Waals surface area (Å²) in [5.41, 5.74) is 5.14. The number of fused-ring (bicyclic) bond motifs is 1. The summed E-state index contributed by atoms with van der Waals surface area (Å²) >= 11 is 1.35. The van der Waals surface area contributed by atoms with E-state index in [-0.39, 0.29) is 17.2 Å². The number of nitrogens with one attached hydrogen (secondary N) is 2. The molecule has 3 rings (SSSR count). The molecule has 6 nitrogen and oxygen atoms in total. The van der Waals surface area contributed by atoms with E-state index in [4.69, 9.17) is 4.42 Å². The maximum atomic E-state index is 12.1. The summed E-state index contributed by atoms with van der Waals surface area (Å²) in [6.45, 7) is 1.99. The molecular formula is C19H16N2O4S. The van der Waals surface area contributed by atoms with Crippen molar-refractivity contribution in [3.8, 4) is 0 Å². The molecule has 132 valence electrons. The van der Waals surface area contributed by atoms with Gasteiger partial charge in [0, 0.05) is 10.3 Å². The summed E-state index contributed by atoms with van der Waals surface area (Å²) in [6.07, 6.45) is 0. The van der Waals surface area contributed by atoms with E-state index in [0.29, 0.717) is 11.0 Å². The quantitative estimate of drug-likeness (QED) is 0.420. The molecule has 0 aliphatic rings. The zero-order valence-corrected chi connectivity index (χ0v) is 14.8. The molecule has 1 heterocycles. The Morgan fingerprint density at radius 2 is 1.77 bits per heavy atom. The predicted octanol–water partition coefficient (Wildman–Crippen LogP) is 2.65. The van der Waals surface area contributed by atoms with Crippen molar-refractivity contribution in [2.24, 2.45) is 0 Å². The SMILES string of the molecule is Cc1ccc(SCC(=O)NNC(=O)c2cc3ccccc3oc2=O)cc1. The van der Waals surface area contributed by atoms with E-state index < -0.39 is 11.5 Å². The van der Waals surface area contributed by atoms with Crippen LogP contribution in [-0.2, 0) is 4.79 Å². The zero-order chi connectivity index (χ0) is 18.5. The molecule has 2 N–H and O–H groups in total. The maximum Gasteiger partial charge on any atom is 0.349 e. The number of amides is 2. The number of carbonyl (C=O) groups excluding carboxylic acids is 2. The molecule has 0 unspecified atom stereocenters. The molecule has 0 aliphatic heterocycles. The van der Waals surface area contributed by atoms with Crippen molar-refractivity contribution in [3.05, 3.63) is 76.1 Å². The van der Waals surface area contributed by atoms with Gasteiger partial charge in [0.05, 0.1) is 5.75 Å². The van der Waals surface area contributed by atoms with E-state index in [1.54, 1.807) is 24.3 Å². The highest BCUT2D eigenvalue weighted by Gasteiger charge is 2.14. The zero-order valence-electron chi connectivity index (χ0n) is 13.9. The second-order valence-electron chi connectivity index (χ2n) is 5.59. The van der Waals surface area contributed by atoms with Crippen molar-refractivity contribution in [1.29, 1.82) is 0 Å². The Labute approximate surface area is 153 Å². The minimum Gasteiger partial charge on any atom is -0.422 e. The fourth-order valence-corrected chi connectivity index (χ4v) is 2.93. The molecular weight excluding hydrogens is 352 g/mol. The lowest BCUT2D eigenvalue weighted by Gasteiger charge is -2.07. The first-order chi connectivity index (χ1) is 12.5. The molecule has 0 saturated carbocycles. The second-order valence-corrected chi connectivity index (χ2v) is 6.64. The highest BCUT2D eigenvalue weighted by atomic mass is 32.2. The lowest BCUT2D eigenvalue weighted by Crippen LogP contribution is -2.43. The molecule has 2 aromatic carbocycles. The number of benzene rings is 2. The van der Waals surface area contributed by atoms with Gasteiger partial charge in [-0.15, -0.1) is 11.8 Å². The molecule has 0 radical (unpaired) electrons. The summed E-state index contributed by atoms with van der Waals surface area (Å²) in [7, 11) is 0. The van der Waals surface area contributed by atoms with Crippen LogP contribution in [-0.4, -0.2) is 17.6 Å². The number of thioether (sulfide) groups is 1. The van der Waals surface area contributed by atoms with Crippen LogP contribution in [0, 0.1) is 6.92 Å². The van der Waals surface area contributed by atoms with Crippen LogP contribution in [0.5, 0.6) is 0 Å². The lowest BCUT2D eigenvalue weighted by atomic mass is 10.2. The average Bonchev–Trinajstić information content (AvgIpc) is 2.65. The van der Waals surface area contributed by atoms with Gasteiger partial charge < -0.3 is 4.42 Å². The van der Waals surface area contributed by atoms with Crippen molar-refractivity contribution < 1.29 is 14.0 Å². The molecule has 0 saturated heterocycles. The molecule has 1 aromatic heterocycles. The van der Waals surface area contributed by atoms with Crippen LogP contribution in [0.1, 0.15) is 15.9 Å². The van der Waals surface area contributed by atoms with Gasteiger partial charge in [0.25, 0.3) is 5.91 Å². The third-order valence-corrected chi connectivity index (χ3v) is 4.60. The highest BCUT2D eigenvalue weighted by molar-refractivity contribution is 8.00. The van der Waals surface area contributed by atoms with Crippen LogP contribution < -0.4 is 16.5 Å². The molecule has 2 amide bonds. The topological polar surface area (TPSA) is 88.4 Å². The lowest BCUT2D eigenvalue weighted by molar-refractivity contribution is -0.119.